The summed E-state index contributed by atoms with van der Waals surface area (Å²) >= 11 is 0. The molecule has 0 radical (unpaired) electrons. The lowest BCUT2D eigenvalue weighted by molar-refractivity contribution is -0.147. The topological polar surface area (TPSA) is 75.2 Å². The number of unbranched alkanes of at least 4 members (excludes halogenated alkanes) is 1. The lowest BCUT2D eigenvalue weighted by Gasteiger charge is -2.22. The Morgan fingerprint density at radius 3 is 2.70 bits per heavy atom. The van der Waals surface area contributed by atoms with E-state index in [1.165, 1.54) is 0 Å². The van der Waals surface area contributed by atoms with Crippen LogP contribution in [0.5, 0.6) is 0 Å². The minimum atomic E-state index is -0.456. The molecule has 4 rings (SSSR count). The fourth-order valence-corrected chi connectivity index (χ4v) is 3.93. The number of nitrogens with zero attached hydrogens (tertiary/aromatic N) is 3. The van der Waals surface area contributed by atoms with Crippen LogP contribution in [0.25, 0.3) is 21.9 Å². The van der Waals surface area contributed by atoms with Crippen molar-refractivity contribution in [3.8, 4) is 0 Å². The lowest BCUT2D eigenvalue weighted by atomic mass is 10.1. The summed E-state index contributed by atoms with van der Waals surface area (Å²) in [6.07, 6.45) is 5.01. The smallest absolute Gasteiger partial charge is 0.165 e. The Morgan fingerprint density at radius 1 is 1.15 bits per heavy atom. The molecule has 6 nitrogen and oxygen atoms in total. The van der Waals surface area contributed by atoms with Gasteiger partial charge in [-0.2, -0.15) is 0 Å². The molecular weight excluding hydrogens is 340 g/mol. The van der Waals surface area contributed by atoms with Gasteiger partial charge in [0.1, 0.15) is 11.3 Å². The summed E-state index contributed by atoms with van der Waals surface area (Å²) in [4.78, 5) is 9.44. The van der Waals surface area contributed by atoms with Crippen LogP contribution in [-0.4, -0.2) is 33.5 Å². The Balaban J connectivity index is 1.73. The summed E-state index contributed by atoms with van der Waals surface area (Å²) in [6.45, 7) is 6.46. The number of hydrogen-bond acceptors (Lipinski definition) is 5. The van der Waals surface area contributed by atoms with Gasteiger partial charge in [-0.1, -0.05) is 31.5 Å². The van der Waals surface area contributed by atoms with Crippen molar-refractivity contribution in [3.05, 3.63) is 30.1 Å². The van der Waals surface area contributed by atoms with Crippen LogP contribution < -0.4 is 5.73 Å². The molecule has 3 heterocycles. The number of imidazole rings is 1. The molecule has 27 heavy (non-hydrogen) atoms. The van der Waals surface area contributed by atoms with Crippen molar-refractivity contribution in [2.45, 2.75) is 58.3 Å². The molecule has 1 saturated heterocycles. The van der Waals surface area contributed by atoms with E-state index >= 15 is 0 Å². The second kappa shape index (κ2) is 7.44. The Hall–Kier alpha value is -2.18. The number of nitrogens with two attached hydrogens (primary N) is 1. The van der Waals surface area contributed by atoms with Crippen molar-refractivity contribution in [3.63, 3.8) is 0 Å². The maximum atomic E-state index is 6.26. The van der Waals surface area contributed by atoms with E-state index in [0.29, 0.717) is 19.0 Å². The van der Waals surface area contributed by atoms with Crippen LogP contribution in [-0.2, 0) is 22.4 Å². The van der Waals surface area contributed by atoms with Crippen LogP contribution in [0.15, 0.2) is 24.3 Å². The van der Waals surface area contributed by atoms with E-state index in [2.05, 4.69) is 22.5 Å². The molecular formula is C21H28N4O2. The van der Waals surface area contributed by atoms with Gasteiger partial charge in [0.25, 0.3) is 0 Å². The molecule has 2 N–H and O–H groups in total. The molecule has 2 aromatic heterocycles. The van der Waals surface area contributed by atoms with Gasteiger partial charge < -0.3 is 19.8 Å². The van der Waals surface area contributed by atoms with Crippen LogP contribution in [0.3, 0.4) is 0 Å². The predicted molar refractivity (Wildman–Crippen MR) is 108 cm³/mol. The van der Waals surface area contributed by atoms with Crippen molar-refractivity contribution in [1.29, 1.82) is 0 Å². The molecule has 0 atom stereocenters. The number of aromatic nitrogens is 3. The zero-order valence-electron chi connectivity index (χ0n) is 16.2. The van der Waals surface area contributed by atoms with Crippen LogP contribution in [0.1, 0.15) is 45.4 Å². The normalized spacial score (nSPS) is 16.5. The van der Waals surface area contributed by atoms with Crippen molar-refractivity contribution in [2.75, 3.05) is 18.9 Å². The van der Waals surface area contributed by atoms with E-state index in [0.717, 1.165) is 66.4 Å². The highest BCUT2D eigenvalue weighted by Crippen LogP contribution is 2.30. The fraction of sp³-hybridized carbons (Fsp3) is 0.524. The summed E-state index contributed by atoms with van der Waals surface area (Å²) in [5, 5.41) is 1.11. The second-order valence-electron chi connectivity index (χ2n) is 7.43. The molecule has 144 valence electrons. The van der Waals surface area contributed by atoms with Crippen molar-refractivity contribution in [1.82, 2.24) is 14.5 Å². The minimum Gasteiger partial charge on any atom is -0.382 e. The van der Waals surface area contributed by atoms with E-state index < -0.39 is 5.79 Å². The first kappa shape index (κ1) is 18.2. The Kier molecular flexibility index (Phi) is 5.02. The number of para-hydroxylation sites is 1. The molecule has 1 fully saturated rings. The summed E-state index contributed by atoms with van der Waals surface area (Å²) in [6, 6.07) is 8.16. The molecule has 0 spiro atoms. The summed E-state index contributed by atoms with van der Waals surface area (Å²) in [5.74, 6) is 1.15. The first-order chi connectivity index (χ1) is 13.1. The predicted octanol–water partition coefficient (Wildman–Crippen LogP) is 4.05. The first-order valence-corrected chi connectivity index (χ1v) is 9.92. The van der Waals surface area contributed by atoms with Gasteiger partial charge in [-0.15, -0.1) is 0 Å². The summed E-state index contributed by atoms with van der Waals surface area (Å²) in [5.41, 5.74) is 9.09. The van der Waals surface area contributed by atoms with E-state index in [1.54, 1.807) is 0 Å². The second-order valence-corrected chi connectivity index (χ2v) is 7.43. The summed E-state index contributed by atoms with van der Waals surface area (Å²) in [7, 11) is 0. The number of anilines is 1. The molecule has 1 aliphatic heterocycles. The number of nitrogen functional groups attached to an aromatic ring is 1. The molecule has 0 saturated carbocycles. The maximum absolute atomic E-state index is 6.26. The average Bonchev–Trinajstić information content (AvgIpc) is 3.25. The molecule has 1 aliphatic rings. The van der Waals surface area contributed by atoms with Crippen molar-refractivity contribution < 1.29 is 9.47 Å². The molecule has 0 unspecified atom stereocenters. The van der Waals surface area contributed by atoms with Gasteiger partial charge >= 0.3 is 0 Å². The highest BCUT2D eigenvalue weighted by Gasteiger charge is 2.30. The monoisotopic (exact) mass is 368 g/mol. The number of ether oxygens (including phenoxy) is 2. The zero-order chi connectivity index (χ0) is 18.9. The number of rotatable bonds is 7. The summed E-state index contributed by atoms with van der Waals surface area (Å²) < 4.78 is 13.8. The highest BCUT2D eigenvalue weighted by atomic mass is 16.7. The van der Waals surface area contributed by atoms with E-state index in [1.807, 2.05) is 25.1 Å². The molecule has 0 aliphatic carbocycles. The Labute approximate surface area is 159 Å². The molecule has 0 amide bonds. The van der Waals surface area contributed by atoms with Gasteiger partial charge in [0, 0.05) is 24.8 Å². The van der Waals surface area contributed by atoms with Crippen LogP contribution in [0, 0.1) is 0 Å². The van der Waals surface area contributed by atoms with E-state index in [4.69, 9.17) is 20.2 Å². The van der Waals surface area contributed by atoms with Crippen LogP contribution >= 0.6 is 0 Å². The van der Waals surface area contributed by atoms with Crippen LogP contribution in [0.2, 0.25) is 0 Å². The third-order valence-electron chi connectivity index (χ3n) is 5.35. The quantitative estimate of drug-likeness (QED) is 0.681. The Bertz CT molecular complexity index is 944. The van der Waals surface area contributed by atoms with Gasteiger partial charge in [0.15, 0.2) is 11.6 Å². The van der Waals surface area contributed by atoms with Gasteiger partial charge in [-0.25, -0.2) is 9.97 Å². The van der Waals surface area contributed by atoms with Crippen LogP contribution in [0.4, 0.5) is 5.82 Å². The van der Waals surface area contributed by atoms with Gasteiger partial charge in [0.05, 0.1) is 24.2 Å². The number of pyridine rings is 1. The van der Waals surface area contributed by atoms with E-state index in [-0.39, 0.29) is 0 Å². The van der Waals surface area contributed by atoms with E-state index in [9.17, 15) is 0 Å². The fourth-order valence-electron chi connectivity index (χ4n) is 3.93. The van der Waals surface area contributed by atoms with Crippen molar-refractivity contribution in [2.24, 2.45) is 0 Å². The van der Waals surface area contributed by atoms with Gasteiger partial charge in [0.2, 0.25) is 0 Å². The molecule has 0 bridgehead atoms. The highest BCUT2D eigenvalue weighted by molar-refractivity contribution is 6.06. The average molecular weight is 368 g/mol. The number of aryl methyl sites for hydroxylation is 2. The largest absolute Gasteiger partial charge is 0.382 e. The zero-order valence-corrected chi connectivity index (χ0v) is 16.2. The third kappa shape index (κ3) is 3.51. The molecule has 6 heteroatoms. The third-order valence-corrected chi connectivity index (χ3v) is 5.35. The number of hydrogen-bond donors (Lipinski definition) is 1. The molecule has 1 aromatic carbocycles. The Morgan fingerprint density at radius 2 is 1.93 bits per heavy atom. The first-order valence-electron chi connectivity index (χ1n) is 9.92. The number of fused-ring (bicyclic) bond motifs is 3. The van der Waals surface area contributed by atoms with Crippen molar-refractivity contribution >= 4 is 27.8 Å². The lowest BCUT2D eigenvalue weighted by Crippen LogP contribution is -2.25. The SMILES string of the molecule is CCCCc1nc2c(N)nc3ccccc3c2n1CCCC1(C)OCCO1. The number of benzene rings is 1. The van der Waals surface area contributed by atoms with Gasteiger partial charge in [-0.3, -0.25) is 0 Å². The maximum Gasteiger partial charge on any atom is 0.165 e. The van der Waals surface area contributed by atoms with Gasteiger partial charge in [-0.05, 0) is 25.8 Å². The minimum absolute atomic E-state index is 0.456. The molecule has 3 aromatic rings. The standard InChI is InChI=1S/C21H28N4O2/c1-3-4-10-17-24-18-19(15-8-5-6-9-16(15)23-20(18)22)25(17)12-7-11-21(2)26-13-14-27-21/h5-6,8-9H,3-4,7,10-14H2,1-2H3,(H2,22,23).